The molecule has 1 fully saturated rings. The Hall–Kier alpha value is -1.09. The molecular weight excluding hydrogens is 212 g/mol. The molecule has 0 aliphatic heterocycles. The maximum atomic E-state index is 10.9. The second-order valence-corrected chi connectivity index (χ2v) is 6.35. The lowest BCUT2D eigenvalue weighted by Crippen LogP contribution is -2.40. The maximum Gasteiger partial charge on any atom is 0.0939 e. The molecule has 3 heteroatoms. The Kier molecular flexibility index (Phi) is 2.90. The van der Waals surface area contributed by atoms with Gasteiger partial charge in [-0.25, -0.2) is 0 Å². The van der Waals surface area contributed by atoms with Gasteiger partial charge in [0, 0.05) is 23.6 Å². The number of nitrogen functional groups attached to an aromatic ring is 1. The van der Waals surface area contributed by atoms with Gasteiger partial charge >= 0.3 is 0 Å². The highest BCUT2D eigenvalue weighted by molar-refractivity contribution is 5.48. The van der Waals surface area contributed by atoms with Gasteiger partial charge in [0.2, 0.25) is 0 Å². The smallest absolute Gasteiger partial charge is 0.0939 e. The van der Waals surface area contributed by atoms with Crippen molar-refractivity contribution in [2.75, 3.05) is 5.73 Å². The number of aromatic nitrogens is 1. The van der Waals surface area contributed by atoms with E-state index in [2.05, 4.69) is 25.8 Å². The fourth-order valence-corrected chi connectivity index (χ4v) is 3.53. The molecule has 2 unspecified atom stereocenters. The highest BCUT2D eigenvalue weighted by atomic mass is 16.3. The summed E-state index contributed by atoms with van der Waals surface area (Å²) in [5.74, 6) is 0.503. The molecule has 0 spiro atoms. The number of nitrogens with two attached hydrogens (primary N) is 1. The van der Waals surface area contributed by atoms with Gasteiger partial charge in [-0.15, -0.1) is 0 Å². The number of hydrogen-bond acceptors (Lipinski definition) is 3. The molecule has 3 nitrogen and oxygen atoms in total. The molecule has 1 aliphatic carbocycles. The molecule has 2 rings (SSSR count). The van der Waals surface area contributed by atoms with E-state index in [0.717, 1.165) is 24.8 Å². The summed E-state index contributed by atoms with van der Waals surface area (Å²) in [7, 11) is 0. The van der Waals surface area contributed by atoms with Crippen LogP contribution in [0.1, 0.15) is 45.6 Å². The second kappa shape index (κ2) is 3.98. The molecule has 94 valence electrons. The Bertz CT molecular complexity index is 416. The first-order chi connectivity index (χ1) is 7.82. The zero-order chi connectivity index (χ0) is 12.7. The summed E-state index contributed by atoms with van der Waals surface area (Å²) >= 11 is 0. The average molecular weight is 234 g/mol. The molecule has 1 aliphatic rings. The first-order valence-electron chi connectivity index (χ1n) is 6.25. The Morgan fingerprint density at radius 1 is 1.41 bits per heavy atom. The Labute approximate surface area is 103 Å². The number of pyridine rings is 1. The van der Waals surface area contributed by atoms with Crippen molar-refractivity contribution in [1.82, 2.24) is 4.98 Å². The molecule has 0 aromatic carbocycles. The molecule has 1 aromatic heterocycles. The summed E-state index contributed by atoms with van der Waals surface area (Å²) in [6.07, 6.45) is 6.05. The largest absolute Gasteiger partial charge is 0.398 e. The van der Waals surface area contributed by atoms with Gasteiger partial charge in [0.1, 0.15) is 0 Å². The molecule has 17 heavy (non-hydrogen) atoms. The fraction of sp³-hybridized carbons (Fsp3) is 0.643. The number of hydrogen-bond donors (Lipinski definition) is 2. The topological polar surface area (TPSA) is 59.1 Å². The summed E-state index contributed by atoms with van der Waals surface area (Å²) < 4.78 is 0. The van der Waals surface area contributed by atoms with Gasteiger partial charge in [-0.05, 0) is 36.7 Å². The summed E-state index contributed by atoms with van der Waals surface area (Å²) in [4.78, 5) is 4.10. The summed E-state index contributed by atoms with van der Waals surface area (Å²) in [5.41, 5.74) is 6.74. The minimum absolute atomic E-state index is 0.148. The van der Waals surface area contributed by atoms with Gasteiger partial charge in [-0.3, -0.25) is 4.98 Å². The number of rotatable bonds is 1. The number of anilines is 1. The molecule has 0 bridgehead atoms. The predicted octanol–water partition coefficient (Wildman–Crippen LogP) is 2.70. The number of nitrogens with zero attached hydrogens (tertiary/aromatic N) is 1. The highest BCUT2D eigenvalue weighted by Crippen LogP contribution is 2.49. The van der Waals surface area contributed by atoms with E-state index < -0.39 is 5.60 Å². The van der Waals surface area contributed by atoms with Crippen LogP contribution < -0.4 is 5.73 Å². The van der Waals surface area contributed by atoms with Crippen molar-refractivity contribution in [1.29, 1.82) is 0 Å². The molecule has 1 aromatic rings. The lowest BCUT2D eigenvalue weighted by molar-refractivity contribution is -0.0631. The normalized spacial score (nSPS) is 32.4. The fourth-order valence-electron chi connectivity index (χ4n) is 3.53. The van der Waals surface area contributed by atoms with Gasteiger partial charge in [0.15, 0.2) is 0 Å². The van der Waals surface area contributed by atoms with Crippen LogP contribution in [0, 0.1) is 11.3 Å². The summed E-state index contributed by atoms with van der Waals surface area (Å²) in [5, 5.41) is 10.9. The van der Waals surface area contributed by atoms with E-state index in [0.29, 0.717) is 11.6 Å². The maximum absolute atomic E-state index is 10.9. The Morgan fingerprint density at radius 2 is 2.12 bits per heavy atom. The molecule has 0 radical (unpaired) electrons. The van der Waals surface area contributed by atoms with Crippen molar-refractivity contribution in [2.45, 2.75) is 45.6 Å². The number of aliphatic hydroxyl groups is 1. The van der Waals surface area contributed by atoms with Crippen LogP contribution in [0.2, 0.25) is 0 Å². The minimum Gasteiger partial charge on any atom is -0.398 e. The van der Waals surface area contributed by atoms with Gasteiger partial charge in [-0.2, -0.15) is 0 Å². The van der Waals surface area contributed by atoms with E-state index >= 15 is 0 Å². The van der Waals surface area contributed by atoms with Crippen molar-refractivity contribution in [3.63, 3.8) is 0 Å². The van der Waals surface area contributed by atoms with Gasteiger partial charge in [0.05, 0.1) is 5.60 Å². The van der Waals surface area contributed by atoms with E-state index in [4.69, 9.17) is 5.73 Å². The third kappa shape index (κ3) is 2.44. The second-order valence-electron chi connectivity index (χ2n) is 6.35. The summed E-state index contributed by atoms with van der Waals surface area (Å²) in [6, 6.07) is 1.76. The average Bonchev–Trinajstić information content (AvgIpc) is 2.13. The zero-order valence-electron chi connectivity index (χ0n) is 10.9. The minimum atomic E-state index is -0.820. The van der Waals surface area contributed by atoms with E-state index in [1.165, 1.54) is 0 Å². The molecule has 1 heterocycles. The van der Waals surface area contributed by atoms with Crippen molar-refractivity contribution in [2.24, 2.45) is 11.3 Å². The first kappa shape index (κ1) is 12.4. The van der Waals surface area contributed by atoms with Crippen LogP contribution >= 0.6 is 0 Å². The highest BCUT2D eigenvalue weighted by Gasteiger charge is 2.43. The molecule has 1 saturated carbocycles. The molecule has 2 atom stereocenters. The lowest BCUT2D eigenvalue weighted by atomic mass is 9.64. The van der Waals surface area contributed by atoms with Crippen molar-refractivity contribution >= 4 is 5.69 Å². The SMILES string of the molecule is CC1CC(C)(C)CC(O)(c2cnccc2N)C1. The Morgan fingerprint density at radius 3 is 2.71 bits per heavy atom. The van der Waals surface area contributed by atoms with Gasteiger partial charge < -0.3 is 10.8 Å². The van der Waals surface area contributed by atoms with Crippen LogP contribution in [0.4, 0.5) is 5.69 Å². The van der Waals surface area contributed by atoms with Crippen LogP contribution in [0.3, 0.4) is 0 Å². The quantitative estimate of drug-likeness (QED) is 0.785. The summed E-state index contributed by atoms with van der Waals surface area (Å²) in [6.45, 7) is 6.61. The Balaban J connectivity index is 2.39. The molecular formula is C14H22N2O. The van der Waals surface area contributed by atoms with Crippen LogP contribution in [-0.4, -0.2) is 10.1 Å². The van der Waals surface area contributed by atoms with Gasteiger partial charge in [0.25, 0.3) is 0 Å². The third-order valence-corrected chi connectivity index (χ3v) is 3.71. The van der Waals surface area contributed by atoms with E-state index in [1.807, 2.05) is 0 Å². The van der Waals surface area contributed by atoms with E-state index in [9.17, 15) is 5.11 Å². The standard InChI is InChI=1S/C14H22N2O/c1-10-6-13(2,3)9-14(17,7-10)11-8-16-5-4-12(11)15/h4-5,8,10,17H,6-7,9H2,1-3H3,(H2,15,16). The van der Waals surface area contributed by atoms with Crippen LogP contribution in [-0.2, 0) is 5.60 Å². The van der Waals surface area contributed by atoms with Gasteiger partial charge in [-0.1, -0.05) is 20.8 Å². The molecule has 3 N–H and O–H groups in total. The molecule has 0 amide bonds. The zero-order valence-corrected chi connectivity index (χ0v) is 10.9. The van der Waals surface area contributed by atoms with Crippen LogP contribution in [0.15, 0.2) is 18.5 Å². The lowest BCUT2D eigenvalue weighted by Gasteiger charge is -2.45. The van der Waals surface area contributed by atoms with Crippen molar-refractivity contribution in [3.05, 3.63) is 24.0 Å². The van der Waals surface area contributed by atoms with Crippen molar-refractivity contribution < 1.29 is 5.11 Å². The monoisotopic (exact) mass is 234 g/mol. The van der Waals surface area contributed by atoms with E-state index in [-0.39, 0.29) is 5.41 Å². The van der Waals surface area contributed by atoms with Crippen LogP contribution in [0.25, 0.3) is 0 Å². The first-order valence-corrected chi connectivity index (χ1v) is 6.25. The van der Waals surface area contributed by atoms with Crippen LogP contribution in [0.5, 0.6) is 0 Å². The molecule has 0 saturated heterocycles. The van der Waals surface area contributed by atoms with E-state index in [1.54, 1.807) is 18.5 Å². The predicted molar refractivity (Wildman–Crippen MR) is 69.3 cm³/mol. The van der Waals surface area contributed by atoms with Crippen molar-refractivity contribution in [3.8, 4) is 0 Å². The third-order valence-electron chi connectivity index (χ3n) is 3.71.